The summed E-state index contributed by atoms with van der Waals surface area (Å²) in [5.74, 6) is -0.283. The number of piperazine rings is 1. The lowest BCUT2D eigenvalue weighted by molar-refractivity contribution is -0.420. The Labute approximate surface area is 148 Å². The molecule has 2 amide bonds. The monoisotopic (exact) mass is 359 g/mol. The fourth-order valence-electron chi connectivity index (χ4n) is 3.05. The number of carbonyl (C=O) groups is 2. The smallest absolute Gasteiger partial charge is 0.336 e. The Morgan fingerprint density at radius 1 is 1.15 bits per heavy atom. The zero-order chi connectivity index (χ0) is 18.7. The van der Waals surface area contributed by atoms with Crippen LogP contribution in [0.5, 0.6) is 0 Å². The highest BCUT2D eigenvalue weighted by atomic mass is 16.6. The molecule has 26 heavy (non-hydrogen) atoms. The third kappa shape index (κ3) is 3.77. The number of allylic oxidation sites excluding steroid dienone is 2. The third-order valence-electron chi connectivity index (χ3n) is 4.32. The molecule has 2 heterocycles. The van der Waals surface area contributed by atoms with Crippen molar-refractivity contribution in [3.8, 4) is 0 Å². The first kappa shape index (κ1) is 17.7. The summed E-state index contributed by atoms with van der Waals surface area (Å²) in [6.07, 6.45) is 3.79. The Bertz CT molecular complexity index is 867. The molecular weight excluding hydrogens is 342 g/mol. The van der Waals surface area contributed by atoms with Gasteiger partial charge in [-0.2, -0.15) is 0 Å². The summed E-state index contributed by atoms with van der Waals surface area (Å²) < 4.78 is 5.09. The lowest BCUT2D eigenvalue weighted by atomic mass is 10.00. The topological polar surface area (TPSA) is 123 Å². The van der Waals surface area contributed by atoms with Crippen LogP contribution in [0.1, 0.15) is 24.2 Å². The van der Waals surface area contributed by atoms with E-state index in [-0.39, 0.29) is 43.6 Å². The van der Waals surface area contributed by atoms with Crippen molar-refractivity contribution < 1.29 is 18.9 Å². The third-order valence-corrected chi connectivity index (χ3v) is 4.32. The van der Waals surface area contributed by atoms with E-state index >= 15 is 0 Å². The van der Waals surface area contributed by atoms with Crippen molar-refractivity contribution in [2.24, 2.45) is 0 Å². The van der Waals surface area contributed by atoms with Gasteiger partial charge in [-0.25, -0.2) is 4.79 Å². The van der Waals surface area contributed by atoms with Gasteiger partial charge in [0.15, 0.2) is 0 Å². The van der Waals surface area contributed by atoms with Crippen molar-refractivity contribution in [2.75, 3.05) is 19.6 Å². The van der Waals surface area contributed by atoms with Crippen LogP contribution in [0.15, 0.2) is 38.7 Å². The van der Waals surface area contributed by atoms with Crippen LogP contribution in [0.2, 0.25) is 0 Å². The number of hydrogen-bond acceptors (Lipinski definition) is 7. The van der Waals surface area contributed by atoms with E-state index in [1.54, 1.807) is 6.07 Å². The maximum atomic E-state index is 11.8. The Hall–Kier alpha value is -3.07. The number of carbonyl (C=O) groups excluding carboxylic acids is 2. The van der Waals surface area contributed by atoms with Crippen molar-refractivity contribution >= 4 is 17.9 Å². The normalized spacial score (nSPS) is 17.3. The van der Waals surface area contributed by atoms with Gasteiger partial charge in [-0.15, -0.1) is 0 Å². The first-order valence-corrected chi connectivity index (χ1v) is 8.17. The highest BCUT2D eigenvalue weighted by Crippen LogP contribution is 2.25. The Balaban J connectivity index is 1.75. The maximum absolute atomic E-state index is 11.8. The first-order valence-electron chi connectivity index (χ1n) is 8.17. The SMILES string of the molecule is O=C1CNCC(=O)N1CCCC1=C([N+](=O)[O-])C=Cc2oc(=O)ccc2C1. The Morgan fingerprint density at radius 3 is 2.58 bits per heavy atom. The molecule has 1 saturated heterocycles. The molecule has 1 fully saturated rings. The molecule has 0 saturated carbocycles. The number of nitrogens with one attached hydrogen (secondary N) is 1. The second-order valence-electron chi connectivity index (χ2n) is 6.05. The summed E-state index contributed by atoms with van der Waals surface area (Å²) in [6.45, 7) is 0.446. The number of amides is 2. The van der Waals surface area contributed by atoms with Crippen molar-refractivity contribution in [3.05, 3.63) is 61.3 Å². The van der Waals surface area contributed by atoms with Crippen molar-refractivity contribution in [1.29, 1.82) is 0 Å². The highest BCUT2D eigenvalue weighted by Gasteiger charge is 2.26. The number of fused-ring (bicyclic) bond motifs is 1. The predicted molar refractivity (Wildman–Crippen MR) is 90.6 cm³/mol. The van der Waals surface area contributed by atoms with E-state index in [0.29, 0.717) is 29.7 Å². The molecule has 0 spiro atoms. The molecule has 136 valence electrons. The van der Waals surface area contributed by atoms with E-state index in [4.69, 9.17) is 4.42 Å². The zero-order valence-corrected chi connectivity index (χ0v) is 13.9. The fourth-order valence-corrected chi connectivity index (χ4v) is 3.05. The second kappa shape index (κ2) is 7.44. The van der Waals surface area contributed by atoms with Crippen LogP contribution in [-0.2, 0) is 16.0 Å². The van der Waals surface area contributed by atoms with Crippen LogP contribution in [0, 0.1) is 10.1 Å². The minimum atomic E-state index is -0.518. The number of rotatable bonds is 5. The molecule has 1 aromatic rings. The van der Waals surface area contributed by atoms with Gasteiger partial charge in [0.25, 0.3) is 5.70 Å². The molecule has 0 atom stereocenters. The summed E-state index contributed by atoms with van der Waals surface area (Å²) in [5, 5.41) is 14.1. The molecule has 1 aromatic heterocycles. The van der Waals surface area contributed by atoms with E-state index in [1.807, 2.05) is 0 Å². The minimum Gasteiger partial charge on any atom is -0.423 e. The van der Waals surface area contributed by atoms with Gasteiger partial charge in [0.2, 0.25) is 11.8 Å². The molecule has 1 aliphatic heterocycles. The van der Waals surface area contributed by atoms with Gasteiger partial charge in [0.05, 0.1) is 18.0 Å². The van der Waals surface area contributed by atoms with E-state index < -0.39 is 10.5 Å². The van der Waals surface area contributed by atoms with Gasteiger partial charge in [-0.1, -0.05) is 0 Å². The lowest BCUT2D eigenvalue weighted by Gasteiger charge is -2.25. The van der Waals surface area contributed by atoms with Crippen LogP contribution in [0.4, 0.5) is 0 Å². The molecule has 1 aliphatic carbocycles. The van der Waals surface area contributed by atoms with Crippen molar-refractivity contribution in [3.63, 3.8) is 0 Å². The van der Waals surface area contributed by atoms with Crippen molar-refractivity contribution in [1.82, 2.24) is 10.2 Å². The summed E-state index contributed by atoms with van der Waals surface area (Å²) in [7, 11) is 0. The van der Waals surface area contributed by atoms with Crippen LogP contribution >= 0.6 is 0 Å². The maximum Gasteiger partial charge on any atom is 0.336 e. The highest BCUT2D eigenvalue weighted by molar-refractivity contribution is 5.99. The zero-order valence-electron chi connectivity index (χ0n) is 13.9. The number of imide groups is 1. The minimum absolute atomic E-state index is 0.0539. The summed E-state index contributed by atoms with van der Waals surface area (Å²) >= 11 is 0. The second-order valence-corrected chi connectivity index (χ2v) is 6.05. The average molecular weight is 359 g/mol. The van der Waals surface area contributed by atoms with Crippen LogP contribution in [0.25, 0.3) is 6.08 Å². The molecule has 9 nitrogen and oxygen atoms in total. The molecule has 9 heteroatoms. The van der Waals surface area contributed by atoms with Crippen molar-refractivity contribution in [2.45, 2.75) is 19.3 Å². The first-order chi connectivity index (χ1) is 12.5. The number of hydrogen-bond donors (Lipinski definition) is 1. The molecule has 0 aromatic carbocycles. The van der Waals surface area contributed by atoms with Gasteiger partial charge < -0.3 is 4.42 Å². The number of nitrogens with zero attached hydrogens (tertiary/aromatic N) is 2. The Morgan fingerprint density at radius 2 is 1.88 bits per heavy atom. The van der Waals surface area contributed by atoms with E-state index in [9.17, 15) is 24.5 Å². The largest absolute Gasteiger partial charge is 0.423 e. The predicted octanol–water partition coefficient (Wildman–Crippen LogP) is 0.478. The average Bonchev–Trinajstić information content (AvgIpc) is 2.76. The molecule has 3 rings (SSSR count). The molecule has 2 aliphatic rings. The molecular formula is C17H17N3O6. The van der Waals surface area contributed by atoms with E-state index in [0.717, 1.165) is 0 Å². The quantitative estimate of drug-likeness (QED) is 0.461. The van der Waals surface area contributed by atoms with Gasteiger partial charge in [-0.3, -0.25) is 29.9 Å². The Kier molecular flexibility index (Phi) is 5.08. The summed E-state index contributed by atoms with van der Waals surface area (Å²) in [6, 6.07) is 2.87. The van der Waals surface area contributed by atoms with Crippen LogP contribution in [-0.4, -0.2) is 41.3 Å². The van der Waals surface area contributed by atoms with Crippen LogP contribution < -0.4 is 10.9 Å². The molecule has 0 unspecified atom stereocenters. The van der Waals surface area contributed by atoms with Gasteiger partial charge in [0, 0.05) is 30.7 Å². The van der Waals surface area contributed by atoms with Gasteiger partial charge in [0.1, 0.15) is 5.76 Å². The van der Waals surface area contributed by atoms with Gasteiger partial charge in [-0.05, 0) is 30.5 Å². The van der Waals surface area contributed by atoms with Crippen LogP contribution in [0.3, 0.4) is 0 Å². The fraction of sp³-hybridized carbons (Fsp3) is 0.353. The summed E-state index contributed by atoms with van der Waals surface area (Å²) in [5.41, 5.74) is 0.674. The van der Waals surface area contributed by atoms with Gasteiger partial charge >= 0.3 is 5.63 Å². The molecule has 1 N–H and O–H groups in total. The van der Waals surface area contributed by atoms with E-state index in [1.165, 1.54) is 23.1 Å². The van der Waals surface area contributed by atoms with E-state index in [2.05, 4.69) is 5.32 Å². The lowest BCUT2D eigenvalue weighted by Crippen LogP contribution is -2.52. The number of nitro groups is 1. The standard InChI is InChI=1S/C17H17N3O6/c21-15-9-18-10-16(22)19(15)7-1-2-11-8-12-3-6-17(23)26-14(12)5-4-13(11)20(24)25/h3-6,18H,1-2,7-10H2. The molecule has 0 radical (unpaired) electrons. The summed E-state index contributed by atoms with van der Waals surface area (Å²) in [4.78, 5) is 47.0. The molecule has 0 bridgehead atoms.